The first-order chi connectivity index (χ1) is 7.08. The van der Waals surface area contributed by atoms with E-state index in [0.717, 1.165) is 19.4 Å². The van der Waals surface area contributed by atoms with Gasteiger partial charge in [0.1, 0.15) is 0 Å². The van der Waals surface area contributed by atoms with E-state index in [1.807, 2.05) is 0 Å². The number of amides is 1. The summed E-state index contributed by atoms with van der Waals surface area (Å²) < 4.78 is 22.4. The molecule has 15 heavy (non-hydrogen) atoms. The molecular weight excluding hydrogens is 216 g/mol. The van der Waals surface area contributed by atoms with Crippen molar-refractivity contribution in [2.75, 3.05) is 31.1 Å². The van der Waals surface area contributed by atoms with Gasteiger partial charge in [-0.3, -0.25) is 4.79 Å². The Labute approximate surface area is 89.7 Å². The Balaban J connectivity index is 1.92. The maximum absolute atomic E-state index is 11.9. The van der Waals surface area contributed by atoms with Crippen LogP contribution in [0, 0.1) is 0 Å². The lowest BCUT2D eigenvalue weighted by atomic mass is 10.2. The van der Waals surface area contributed by atoms with Crippen LogP contribution in [0.4, 0.5) is 0 Å². The van der Waals surface area contributed by atoms with Crippen LogP contribution in [0.5, 0.6) is 0 Å². The minimum atomic E-state index is -2.89. The molecule has 1 atom stereocenters. The molecule has 86 valence electrons. The molecule has 0 radical (unpaired) electrons. The van der Waals surface area contributed by atoms with Crippen molar-refractivity contribution in [1.82, 2.24) is 10.2 Å². The van der Waals surface area contributed by atoms with Gasteiger partial charge < -0.3 is 10.2 Å². The number of carbonyl (C=O) groups excluding carboxylic acids is 1. The molecule has 0 aromatic rings. The largest absolute Gasteiger partial charge is 0.339 e. The molecule has 5 nitrogen and oxygen atoms in total. The lowest BCUT2D eigenvalue weighted by Gasteiger charge is -2.29. The SMILES string of the molecule is O=C([C@@H]1CCCN1)N1CCS(=O)(=O)CC1. The molecule has 0 saturated carbocycles. The topological polar surface area (TPSA) is 66.5 Å². The minimum absolute atomic E-state index is 0.0717. The molecule has 2 heterocycles. The quantitative estimate of drug-likeness (QED) is 0.629. The van der Waals surface area contributed by atoms with Crippen LogP contribution in [-0.4, -0.2) is 56.4 Å². The highest BCUT2D eigenvalue weighted by Gasteiger charge is 2.30. The van der Waals surface area contributed by atoms with Crippen LogP contribution < -0.4 is 5.32 Å². The molecule has 0 unspecified atom stereocenters. The van der Waals surface area contributed by atoms with Crippen molar-refractivity contribution in [1.29, 1.82) is 0 Å². The van der Waals surface area contributed by atoms with Gasteiger partial charge in [0.25, 0.3) is 0 Å². The third-order valence-corrected chi connectivity index (χ3v) is 4.62. The van der Waals surface area contributed by atoms with Crippen molar-refractivity contribution in [2.45, 2.75) is 18.9 Å². The predicted octanol–water partition coefficient (Wildman–Crippen LogP) is -1.00. The van der Waals surface area contributed by atoms with Crippen LogP contribution >= 0.6 is 0 Å². The predicted molar refractivity (Wildman–Crippen MR) is 56.3 cm³/mol. The van der Waals surface area contributed by atoms with Gasteiger partial charge in [-0.05, 0) is 19.4 Å². The monoisotopic (exact) mass is 232 g/mol. The molecule has 2 aliphatic rings. The van der Waals surface area contributed by atoms with Gasteiger partial charge in [0, 0.05) is 13.1 Å². The van der Waals surface area contributed by atoms with E-state index in [0.29, 0.717) is 13.1 Å². The van der Waals surface area contributed by atoms with Crippen molar-refractivity contribution >= 4 is 15.7 Å². The van der Waals surface area contributed by atoms with Gasteiger partial charge in [-0.2, -0.15) is 0 Å². The molecule has 0 aliphatic carbocycles. The van der Waals surface area contributed by atoms with Crippen LogP contribution in [0.25, 0.3) is 0 Å². The molecule has 2 aliphatic heterocycles. The Hall–Kier alpha value is -0.620. The highest BCUT2D eigenvalue weighted by molar-refractivity contribution is 7.91. The fraction of sp³-hybridized carbons (Fsp3) is 0.889. The lowest BCUT2D eigenvalue weighted by molar-refractivity contribution is -0.132. The number of rotatable bonds is 1. The normalized spacial score (nSPS) is 30.4. The van der Waals surface area contributed by atoms with Gasteiger partial charge in [0.2, 0.25) is 5.91 Å². The third-order valence-electron chi connectivity index (χ3n) is 3.01. The number of carbonyl (C=O) groups is 1. The third kappa shape index (κ3) is 2.49. The van der Waals surface area contributed by atoms with E-state index in [2.05, 4.69) is 5.32 Å². The first-order valence-corrected chi connectivity index (χ1v) is 7.13. The van der Waals surface area contributed by atoms with Crippen molar-refractivity contribution in [3.63, 3.8) is 0 Å². The van der Waals surface area contributed by atoms with Gasteiger partial charge in [-0.25, -0.2) is 8.42 Å². The van der Waals surface area contributed by atoms with E-state index in [9.17, 15) is 13.2 Å². The summed E-state index contributed by atoms with van der Waals surface area (Å²) in [6.07, 6.45) is 1.91. The molecule has 1 amide bonds. The van der Waals surface area contributed by atoms with E-state index in [1.54, 1.807) is 4.90 Å². The molecule has 2 fully saturated rings. The molecule has 1 N–H and O–H groups in total. The summed E-state index contributed by atoms with van der Waals surface area (Å²) in [6, 6.07) is -0.0780. The highest BCUT2D eigenvalue weighted by atomic mass is 32.2. The maximum atomic E-state index is 11.9. The molecule has 2 saturated heterocycles. The van der Waals surface area contributed by atoms with E-state index < -0.39 is 9.84 Å². The summed E-state index contributed by atoms with van der Waals surface area (Å²) in [5.74, 6) is 0.305. The van der Waals surface area contributed by atoms with Gasteiger partial charge in [0.15, 0.2) is 9.84 Å². The second kappa shape index (κ2) is 4.09. The second-order valence-corrected chi connectivity index (χ2v) is 6.43. The zero-order valence-electron chi connectivity index (χ0n) is 8.61. The number of hydrogen-bond acceptors (Lipinski definition) is 4. The van der Waals surface area contributed by atoms with Crippen molar-refractivity contribution in [3.05, 3.63) is 0 Å². The summed E-state index contributed by atoms with van der Waals surface area (Å²) in [6.45, 7) is 1.61. The molecule has 0 bridgehead atoms. The van der Waals surface area contributed by atoms with Crippen molar-refractivity contribution < 1.29 is 13.2 Å². The Morgan fingerprint density at radius 3 is 2.47 bits per heavy atom. The Bertz CT molecular complexity index is 332. The van der Waals surface area contributed by atoms with Crippen LogP contribution in [0.15, 0.2) is 0 Å². The van der Waals surface area contributed by atoms with Crippen LogP contribution in [0.1, 0.15) is 12.8 Å². The molecular formula is C9H16N2O3S. The molecule has 6 heteroatoms. The standard InChI is InChI=1S/C9H16N2O3S/c12-9(8-2-1-3-10-8)11-4-6-15(13,14)7-5-11/h8,10H,1-7H2/t8-/m0/s1. The Kier molecular flexibility index (Phi) is 2.97. The van der Waals surface area contributed by atoms with Crippen molar-refractivity contribution in [3.8, 4) is 0 Å². The van der Waals surface area contributed by atoms with Crippen LogP contribution in [-0.2, 0) is 14.6 Å². The second-order valence-electron chi connectivity index (χ2n) is 4.13. The fourth-order valence-corrected chi connectivity index (χ4v) is 3.25. The van der Waals surface area contributed by atoms with Crippen molar-refractivity contribution in [2.24, 2.45) is 0 Å². The fourth-order valence-electron chi connectivity index (χ4n) is 2.05. The van der Waals surface area contributed by atoms with Gasteiger partial charge in [-0.1, -0.05) is 0 Å². The van der Waals surface area contributed by atoms with Crippen LogP contribution in [0.3, 0.4) is 0 Å². The summed E-state index contributed by atoms with van der Waals surface area (Å²) in [7, 11) is -2.89. The average molecular weight is 232 g/mol. The van der Waals surface area contributed by atoms with Gasteiger partial charge >= 0.3 is 0 Å². The minimum Gasteiger partial charge on any atom is -0.339 e. The van der Waals surface area contributed by atoms with Gasteiger partial charge in [-0.15, -0.1) is 0 Å². The summed E-state index contributed by atoms with van der Waals surface area (Å²) in [5.41, 5.74) is 0. The van der Waals surface area contributed by atoms with Gasteiger partial charge in [0.05, 0.1) is 17.5 Å². The maximum Gasteiger partial charge on any atom is 0.239 e. The summed E-state index contributed by atoms with van der Waals surface area (Å²) in [4.78, 5) is 13.6. The number of hydrogen-bond donors (Lipinski definition) is 1. The first kappa shape index (κ1) is 10.9. The number of sulfone groups is 1. The first-order valence-electron chi connectivity index (χ1n) is 5.31. The molecule has 0 spiro atoms. The molecule has 0 aromatic carbocycles. The smallest absolute Gasteiger partial charge is 0.239 e. The van der Waals surface area contributed by atoms with E-state index in [1.165, 1.54) is 0 Å². The highest BCUT2D eigenvalue weighted by Crippen LogP contribution is 2.11. The van der Waals surface area contributed by atoms with E-state index >= 15 is 0 Å². The molecule has 0 aromatic heterocycles. The zero-order chi connectivity index (χ0) is 10.9. The number of nitrogens with zero attached hydrogens (tertiary/aromatic N) is 1. The lowest BCUT2D eigenvalue weighted by Crippen LogP contribution is -2.50. The molecule has 2 rings (SSSR count). The summed E-state index contributed by atoms with van der Waals surface area (Å²) in [5, 5.41) is 3.13. The summed E-state index contributed by atoms with van der Waals surface area (Å²) >= 11 is 0. The Morgan fingerprint density at radius 2 is 1.93 bits per heavy atom. The number of nitrogens with one attached hydrogen (secondary N) is 1. The average Bonchev–Trinajstić information content (AvgIpc) is 2.69. The zero-order valence-corrected chi connectivity index (χ0v) is 9.42. The Morgan fingerprint density at radius 1 is 1.27 bits per heavy atom. The van der Waals surface area contributed by atoms with Crippen LogP contribution in [0.2, 0.25) is 0 Å². The van der Waals surface area contributed by atoms with E-state index in [-0.39, 0.29) is 23.5 Å². The van der Waals surface area contributed by atoms with E-state index in [4.69, 9.17) is 0 Å².